The van der Waals surface area contributed by atoms with Crippen molar-refractivity contribution in [2.75, 3.05) is 11.4 Å². The Labute approximate surface area is 122 Å². The third kappa shape index (κ3) is 2.53. The van der Waals surface area contributed by atoms with Crippen molar-refractivity contribution in [3.63, 3.8) is 0 Å². The first-order valence-corrected chi connectivity index (χ1v) is 6.93. The van der Waals surface area contributed by atoms with Gasteiger partial charge in [0.25, 0.3) is 5.91 Å². The Morgan fingerprint density at radius 2 is 1.86 bits per heavy atom. The lowest BCUT2D eigenvalue weighted by atomic mass is 9.97. The molecule has 0 radical (unpaired) electrons. The van der Waals surface area contributed by atoms with E-state index in [1.54, 1.807) is 4.90 Å². The Morgan fingerprint density at radius 1 is 1.14 bits per heavy atom. The molecule has 0 unspecified atom stereocenters. The summed E-state index contributed by atoms with van der Waals surface area (Å²) in [7, 11) is 0. The highest BCUT2D eigenvalue weighted by Crippen LogP contribution is 2.31. The number of amides is 1. The first-order chi connectivity index (χ1) is 10.1. The molecule has 0 aromatic heterocycles. The molecule has 0 fully saturated rings. The zero-order valence-corrected chi connectivity index (χ0v) is 11.7. The number of hydrogen-bond acceptors (Lipinski definition) is 1. The SMILES string of the molecule is Cc1cccc2c1N(C(=O)c1cc(F)cc(F)c1)CCC2. The van der Waals surface area contributed by atoms with Crippen LogP contribution in [0.15, 0.2) is 36.4 Å². The fourth-order valence-corrected chi connectivity index (χ4v) is 2.88. The molecular formula is C17H15F2NO. The van der Waals surface area contributed by atoms with Crippen molar-refractivity contribution in [2.45, 2.75) is 19.8 Å². The molecule has 21 heavy (non-hydrogen) atoms. The van der Waals surface area contributed by atoms with Crippen LogP contribution in [0.4, 0.5) is 14.5 Å². The summed E-state index contributed by atoms with van der Waals surface area (Å²) in [6.45, 7) is 2.51. The molecular weight excluding hydrogens is 272 g/mol. The van der Waals surface area contributed by atoms with Gasteiger partial charge < -0.3 is 4.90 Å². The number of benzene rings is 2. The highest BCUT2D eigenvalue weighted by Gasteiger charge is 2.25. The van der Waals surface area contributed by atoms with Crippen LogP contribution in [-0.4, -0.2) is 12.5 Å². The molecule has 1 heterocycles. The van der Waals surface area contributed by atoms with Gasteiger partial charge in [-0.1, -0.05) is 18.2 Å². The van der Waals surface area contributed by atoms with E-state index < -0.39 is 11.6 Å². The van der Waals surface area contributed by atoms with Crippen molar-refractivity contribution in [1.82, 2.24) is 0 Å². The number of fused-ring (bicyclic) bond motifs is 1. The summed E-state index contributed by atoms with van der Waals surface area (Å²) >= 11 is 0. The molecule has 1 aliphatic heterocycles. The summed E-state index contributed by atoms with van der Waals surface area (Å²) in [5.74, 6) is -1.83. The average molecular weight is 287 g/mol. The molecule has 108 valence electrons. The number of rotatable bonds is 1. The zero-order valence-electron chi connectivity index (χ0n) is 11.7. The van der Waals surface area contributed by atoms with Crippen LogP contribution in [-0.2, 0) is 6.42 Å². The van der Waals surface area contributed by atoms with Crippen LogP contribution in [0.1, 0.15) is 27.9 Å². The minimum absolute atomic E-state index is 0.0450. The Balaban J connectivity index is 2.04. The van der Waals surface area contributed by atoms with E-state index in [0.717, 1.165) is 47.9 Å². The highest BCUT2D eigenvalue weighted by molar-refractivity contribution is 6.07. The van der Waals surface area contributed by atoms with Crippen molar-refractivity contribution in [2.24, 2.45) is 0 Å². The van der Waals surface area contributed by atoms with E-state index >= 15 is 0 Å². The quantitative estimate of drug-likeness (QED) is 0.779. The van der Waals surface area contributed by atoms with Crippen LogP contribution >= 0.6 is 0 Å². The maximum atomic E-state index is 13.3. The molecule has 4 heteroatoms. The van der Waals surface area contributed by atoms with Crippen LogP contribution in [0, 0.1) is 18.6 Å². The molecule has 1 amide bonds. The first kappa shape index (κ1) is 13.7. The fraction of sp³-hybridized carbons (Fsp3) is 0.235. The Bertz CT molecular complexity index is 692. The zero-order chi connectivity index (χ0) is 15.0. The number of para-hydroxylation sites is 1. The lowest BCUT2D eigenvalue weighted by Gasteiger charge is -2.31. The third-order valence-electron chi connectivity index (χ3n) is 3.77. The summed E-state index contributed by atoms with van der Waals surface area (Å²) in [4.78, 5) is 14.2. The number of hydrogen-bond donors (Lipinski definition) is 0. The van der Waals surface area contributed by atoms with Gasteiger partial charge in [0.05, 0.1) is 5.69 Å². The smallest absolute Gasteiger partial charge is 0.258 e. The number of nitrogens with zero attached hydrogens (tertiary/aromatic N) is 1. The normalized spacial score (nSPS) is 14.0. The lowest BCUT2D eigenvalue weighted by molar-refractivity contribution is 0.0984. The predicted octanol–water partition coefficient (Wildman–Crippen LogP) is 3.87. The highest BCUT2D eigenvalue weighted by atomic mass is 19.1. The van der Waals surface area contributed by atoms with Gasteiger partial charge in [-0.05, 0) is 43.0 Å². The molecule has 0 saturated carbocycles. The molecule has 1 aliphatic rings. The molecule has 0 bridgehead atoms. The molecule has 2 aromatic carbocycles. The molecule has 0 aliphatic carbocycles. The number of halogens is 2. The predicted molar refractivity (Wildman–Crippen MR) is 77.5 cm³/mol. The topological polar surface area (TPSA) is 20.3 Å². The summed E-state index contributed by atoms with van der Waals surface area (Å²) < 4.78 is 26.6. The van der Waals surface area contributed by atoms with Crippen LogP contribution in [0.3, 0.4) is 0 Å². The van der Waals surface area contributed by atoms with Crippen LogP contribution in [0.2, 0.25) is 0 Å². The van der Waals surface area contributed by atoms with Crippen molar-refractivity contribution < 1.29 is 13.6 Å². The second kappa shape index (κ2) is 5.28. The number of carbonyl (C=O) groups is 1. The molecule has 2 nitrogen and oxygen atoms in total. The van der Waals surface area contributed by atoms with E-state index in [9.17, 15) is 13.6 Å². The monoisotopic (exact) mass is 287 g/mol. The summed E-state index contributed by atoms with van der Waals surface area (Å²) in [6.07, 6.45) is 1.76. The van der Waals surface area contributed by atoms with Crippen LogP contribution in [0.5, 0.6) is 0 Å². The van der Waals surface area contributed by atoms with Gasteiger partial charge in [0.15, 0.2) is 0 Å². The standard InChI is InChI=1S/C17H15F2NO/c1-11-4-2-5-12-6-3-7-20(16(11)12)17(21)13-8-14(18)10-15(19)9-13/h2,4-5,8-10H,3,6-7H2,1H3. The van der Waals surface area contributed by atoms with Gasteiger partial charge in [-0.3, -0.25) is 4.79 Å². The first-order valence-electron chi connectivity index (χ1n) is 6.93. The third-order valence-corrected chi connectivity index (χ3v) is 3.77. The van der Waals surface area contributed by atoms with Gasteiger partial charge in [-0.15, -0.1) is 0 Å². The van der Waals surface area contributed by atoms with E-state index in [0.29, 0.717) is 6.54 Å². The largest absolute Gasteiger partial charge is 0.308 e. The summed E-state index contributed by atoms with van der Waals surface area (Å²) in [5.41, 5.74) is 3.02. The minimum atomic E-state index is -0.736. The van der Waals surface area contributed by atoms with Gasteiger partial charge in [0.2, 0.25) is 0 Å². The van der Waals surface area contributed by atoms with Gasteiger partial charge >= 0.3 is 0 Å². The van der Waals surface area contributed by atoms with E-state index in [4.69, 9.17) is 0 Å². The Hall–Kier alpha value is -2.23. The number of aryl methyl sites for hydroxylation is 2. The number of carbonyl (C=O) groups excluding carboxylic acids is 1. The van der Waals surface area contributed by atoms with Gasteiger partial charge in [0.1, 0.15) is 11.6 Å². The molecule has 3 rings (SSSR count). The van der Waals surface area contributed by atoms with E-state index in [2.05, 4.69) is 0 Å². The molecule has 0 spiro atoms. The number of anilines is 1. The van der Waals surface area contributed by atoms with Crippen molar-refractivity contribution in [3.05, 3.63) is 64.7 Å². The van der Waals surface area contributed by atoms with E-state index in [-0.39, 0.29) is 11.5 Å². The van der Waals surface area contributed by atoms with Crippen LogP contribution in [0.25, 0.3) is 0 Å². The Kier molecular flexibility index (Phi) is 3.45. The van der Waals surface area contributed by atoms with Crippen molar-refractivity contribution in [3.8, 4) is 0 Å². The second-order valence-electron chi connectivity index (χ2n) is 5.30. The summed E-state index contributed by atoms with van der Waals surface area (Å²) in [6, 6.07) is 8.83. The molecule has 0 N–H and O–H groups in total. The van der Waals surface area contributed by atoms with Crippen molar-refractivity contribution >= 4 is 11.6 Å². The molecule has 0 atom stereocenters. The molecule has 2 aromatic rings. The lowest BCUT2D eigenvalue weighted by Crippen LogP contribution is -2.36. The second-order valence-corrected chi connectivity index (χ2v) is 5.30. The van der Waals surface area contributed by atoms with Gasteiger partial charge in [-0.25, -0.2) is 8.78 Å². The van der Waals surface area contributed by atoms with Gasteiger partial charge in [0, 0.05) is 18.2 Å². The average Bonchev–Trinajstić information content (AvgIpc) is 2.45. The van der Waals surface area contributed by atoms with E-state index in [1.165, 1.54) is 0 Å². The Morgan fingerprint density at radius 3 is 2.57 bits per heavy atom. The van der Waals surface area contributed by atoms with Gasteiger partial charge in [-0.2, -0.15) is 0 Å². The van der Waals surface area contributed by atoms with E-state index in [1.807, 2.05) is 25.1 Å². The maximum absolute atomic E-state index is 13.3. The fourth-order valence-electron chi connectivity index (χ4n) is 2.88. The van der Waals surface area contributed by atoms with Crippen LogP contribution < -0.4 is 4.90 Å². The summed E-state index contributed by atoms with van der Waals surface area (Å²) in [5, 5.41) is 0. The van der Waals surface area contributed by atoms with Crippen molar-refractivity contribution in [1.29, 1.82) is 0 Å². The maximum Gasteiger partial charge on any atom is 0.258 e. The molecule has 0 saturated heterocycles. The minimum Gasteiger partial charge on any atom is -0.308 e.